The summed E-state index contributed by atoms with van der Waals surface area (Å²) in [5.41, 5.74) is 6.57. The lowest BCUT2D eigenvalue weighted by atomic mass is 10.3. The molecule has 2 rings (SSSR count). The molecule has 0 spiro atoms. The number of hydrogen-bond donors (Lipinski definition) is 2. The van der Waals surface area contributed by atoms with Crippen molar-refractivity contribution in [1.82, 2.24) is 9.78 Å². The summed E-state index contributed by atoms with van der Waals surface area (Å²) in [7, 11) is 0. The third-order valence-corrected chi connectivity index (χ3v) is 3.44. The Labute approximate surface area is 130 Å². The summed E-state index contributed by atoms with van der Waals surface area (Å²) < 4.78 is 1.49. The summed E-state index contributed by atoms with van der Waals surface area (Å²) in [4.78, 5) is 12.3. The normalized spacial score (nSPS) is 10.6. The Morgan fingerprint density at radius 3 is 2.50 bits per heavy atom. The van der Waals surface area contributed by atoms with Crippen molar-refractivity contribution in [2.75, 3.05) is 11.1 Å². The van der Waals surface area contributed by atoms with Gasteiger partial charge in [-0.15, -0.1) is 0 Å². The maximum absolute atomic E-state index is 12.3. The summed E-state index contributed by atoms with van der Waals surface area (Å²) >= 11 is 17.8. The van der Waals surface area contributed by atoms with Gasteiger partial charge in [-0.25, -0.2) is 0 Å². The topological polar surface area (TPSA) is 72.9 Å². The molecular formula is C12H11Cl3N4O. The van der Waals surface area contributed by atoms with Crippen LogP contribution in [0.5, 0.6) is 0 Å². The standard InChI is InChI=1S/C12H11Cl3N4O/c1-2-19-11(9(16)5-17-19)12(20)18-10-7(14)3-6(13)4-8(10)15/h3-5H,2,16H2,1H3,(H,18,20). The summed E-state index contributed by atoms with van der Waals surface area (Å²) in [6, 6.07) is 2.98. The molecule has 2 aromatic rings. The van der Waals surface area contributed by atoms with Crippen molar-refractivity contribution in [2.24, 2.45) is 0 Å². The Morgan fingerprint density at radius 1 is 1.35 bits per heavy atom. The maximum atomic E-state index is 12.3. The SMILES string of the molecule is CCn1ncc(N)c1C(=O)Nc1c(Cl)cc(Cl)cc1Cl. The highest BCUT2D eigenvalue weighted by molar-refractivity contribution is 6.42. The first-order chi connectivity index (χ1) is 9.43. The number of aromatic nitrogens is 2. The van der Waals surface area contributed by atoms with Gasteiger partial charge in [0.05, 0.1) is 27.6 Å². The first-order valence-corrected chi connectivity index (χ1v) is 6.84. The molecule has 1 heterocycles. The Balaban J connectivity index is 2.35. The minimum atomic E-state index is -0.437. The molecule has 20 heavy (non-hydrogen) atoms. The van der Waals surface area contributed by atoms with Gasteiger partial charge in [0.25, 0.3) is 5.91 Å². The van der Waals surface area contributed by atoms with Gasteiger partial charge in [0.1, 0.15) is 5.69 Å². The number of carbonyl (C=O) groups excluding carboxylic acids is 1. The summed E-state index contributed by atoms with van der Waals surface area (Å²) in [5.74, 6) is -0.437. The van der Waals surface area contributed by atoms with Gasteiger partial charge in [-0.1, -0.05) is 34.8 Å². The van der Waals surface area contributed by atoms with Gasteiger partial charge < -0.3 is 11.1 Å². The first kappa shape index (κ1) is 15.0. The van der Waals surface area contributed by atoms with Crippen LogP contribution >= 0.6 is 34.8 Å². The van der Waals surface area contributed by atoms with Gasteiger partial charge in [0, 0.05) is 11.6 Å². The van der Waals surface area contributed by atoms with Crippen molar-refractivity contribution in [3.8, 4) is 0 Å². The van der Waals surface area contributed by atoms with E-state index in [9.17, 15) is 4.79 Å². The van der Waals surface area contributed by atoms with Gasteiger partial charge >= 0.3 is 0 Å². The van der Waals surface area contributed by atoms with Gasteiger partial charge in [0.2, 0.25) is 0 Å². The largest absolute Gasteiger partial charge is 0.396 e. The molecule has 0 saturated carbocycles. The molecule has 3 N–H and O–H groups in total. The molecule has 0 aliphatic heterocycles. The second kappa shape index (κ2) is 5.91. The van der Waals surface area contributed by atoms with Gasteiger partial charge in [-0.05, 0) is 19.1 Å². The highest BCUT2D eigenvalue weighted by Gasteiger charge is 2.19. The number of nitrogens with two attached hydrogens (primary N) is 1. The molecule has 1 aromatic carbocycles. The summed E-state index contributed by atoms with van der Waals surface area (Å²) in [5, 5.41) is 7.50. The lowest BCUT2D eigenvalue weighted by Gasteiger charge is -2.11. The fourth-order valence-corrected chi connectivity index (χ4v) is 2.63. The van der Waals surface area contributed by atoms with Crippen LogP contribution in [0.25, 0.3) is 0 Å². The molecule has 8 heteroatoms. The Morgan fingerprint density at radius 2 is 1.95 bits per heavy atom. The molecule has 0 bridgehead atoms. The van der Waals surface area contributed by atoms with E-state index >= 15 is 0 Å². The molecule has 0 saturated heterocycles. The van der Waals surface area contributed by atoms with Gasteiger partial charge in [0.15, 0.2) is 0 Å². The van der Waals surface area contributed by atoms with Crippen molar-refractivity contribution >= 4 is 52.1 Å². The fourth-order valence-electron chi connectivity index (χ4n) is 1.72. The zero-order valence-corrected chi connectivity index (χ0v) is 12.7. The predicted octanol–water partition coefficient (Wildman–Crippen LogP) is 3.70. The van der Waals surface area contributed by atoms with Crippen LogP contribution in [0.4, 0.5) is 11.4 Å². The molecule has 1 amide bonds. The summed E-state index contributed by atoms with van der Waals surface area (Å²) in [6.07, 6.45) is 1.42. The van der Waals surface area contributed by atoms with Gasteiger partial charge in [-0.2, -0.15) is 5.10 Å². The van der Waals surface area contributed by atoms with E-state index in [1.54, 1.807) is 0 Å². The molecule has 106 valence electrons. The van der Waals surface area contributed by atoms with Crippen LogP contribution in [-0.2, 0) is 6.54 Å². The van der Waals surface area contributed by atoms with E-state index in [2.05, 4.69) is 10.4 Å². The highest BCUT2D eigenvalue weighted by Crippen LogP contribution is 2.34. The van der Waals surface area contributed by atoms with Crippen LogP contribution in [-0.4, -0.2) is 15.7 Å². The van der Waals surface area contributed by atoms with Gasteiger partial charge in [-0.3, -0.25) is 9.48 Å². The van der Waals surface area contributed by atoms with E-state index in [0.717, 1.165) is 0 Å². The second-order valence-electron chi connectivity index (χ2n) is 3.96. The van der Waals surface area contributed by atoms with Crippen LogP contribution in [0, 0.1) is 0 Å². The molecule has 0 fully saturated rings. The van der Waals surface area contributed by atoms with Crippen molar-refractivity contribution in [2.45, 2.75) is 13.5 Å². The van der Waals surface area contributed by atoms with Crippen molar-refractivity contribution in [1.29, 1.82) is 0 Å². The number of rotatable bonds is 3. The predicted molar refractivity (Wildman–Crippen MR) is 81.7 cm³/mol. The van der Waals surface area contributed by atoms with Crippen LogP contribution in [0.15, 0.2) is 18.3 Å². The fraction of sp³-hybridized carbons (Fsp3) is 0.167. The minimum absolute atomic E-state index is 0.247. The minimum Gasteiger partial charge on any atom is -0.396 e. The molecule has 0 unspecified atom stereocenters. The third kappa shape index (κ3) is 2.85. The van der Waals surface area contributed by atoms with E-state index in [0.29, 0.717) is 11.6 Å². The number of nitrogen functional groups attached to an aromatic ring is 1. The van der Waals surface area contributed by atoms with Crippen LogP contribution in [0.1, 0.15) is 17.4 Å². The highest BCUT2D eigenvalue weighted by atomic mass is 35.5. The number of amides is 1. The summed E-state index contributed by atoms with van der Waals surface area (Å²) in [6.45, 7) is 2.37. The quantitative estimate of drug-likeness (QED) is 0.899. The monoisotopic (exact) mass is 332 g/mol. The number of nitrogens with zero attached hydrogens (tertiary/aromatic N) is 2. The lowest BCUT2D eigenvalue weighted by molar-refractivity contribution is 0.101. The number of carbonyl (C=O) groups is 1. The molecule has 0 radical (unpaired) electrons. The van der Waals surface area contributed by atoms with E-state index in [4.69, 9.17) is 40.5 Å². The zero-order valence-electron chi connectivity index (χ0n) is 10.5. The van der Waals surface area contributed by atoms with Crippen molar-refractivity contribution in [3.63, 3.8) is 0 Å². The van der Waals surface area contributed by atoms with Crippen LogP contribution in [0.2, 0.25) is 15.1 Å². The number of hydrogen-bond acceptors (Lipinski definition) is 3. The third-order valence-electron chi connectivity index (χ3n) is 2.63. The Hall–Kier alpha value is -1.43. The number of aryl methyl sites for hydroxylation is 1. The lowest BCUT2D eigenvalue weighted by Crippen LogP contribution is -2.19. The van der Waals surface area contributed by atoms with Crippen LogP contribution in [0.3, 0.4) is 0 Å². The van der Waals surface area contributed by atoms with E-state index in [1.165, 1.54) is 23.0 Å². The zero-order chi connectivity index (χ0) is 14.9. The smallest absolute Gasteiger partial charge is 0.276 e. The average molecular weight is 334 g/mol. The first-order valence-electron chi connectivity index (χ1n) is 5.71. The Kier molecular flexibility index (Phi) is 4.42. The number of anilines is 2. The Bertz CT molecular complexity index is 646. The number of benzene rings is 1. The molecular weight excluding hydrogens is 323 g/mol. The van der Waals surface area contributed by atoms with E-state index in [-0.39, 0.29) is 27.1 Å². The molecule has 0 aliphatic rings. The second-order valence-corrected chi connectivity index (χ2v) is 5.21. The van der Waals surface area contributed by atoms with E-state index < -0.39 is 5.91 Å². The maximum Gasteiger partial charge on any atom is 0.276 e. The molecule has 1 aromatic heterocycles. The number of nitrogens with one attached hydrogen (secondary N) is 1. The van der Waals surface area contributed by atoms with Crippen LogP contribution < -0.4 is 11.1 Å². The average Bonchev–Trinajstić information content (AvgIpc) is 2.74. The molecule has 5 nitrogen and oxygen atoms in total. The van der Waals surface area contributed by atoms with Crippen molar-refractivity contribution < 1.29 is 4.79 Å². The van der Waals surface area contributed by atoms with E-state index in [1.807, 2.05) is 6.92 Å². The molecule has 0 aliphatic carbocycles. The molecule has 0 atom stereocenters. The number of halogens is 3. The van der Waals surface area contributed by atoms with Crippen molar-refractivity contribution in [3.05, 3.63) is 39.1 Å².